The SMILES string of the molecule is Cn1ncnc1CCNC(=O)c1cnc(-c2cccnc2)nc1. The first-order valence-corrected chi connectivity index (χ1v) is 7.07. The standard InChI is InChI=1S/C15H15N7O/c1-22-13(20-10-21-22)4-6-17-15(23)12-8-18-14(19-9-12)11-3-2-5-16-7-11/h2-3,5,7-10H,4,6H2,1H3,(H,17,23). The van der Waals surface area contributed by atoms with Crippen LogP contribution in [0.3, 0.4) is 0 Å². The third-order valence-electron chi connectivity index (χ3n) is 3.27. The molecule has 0 unspecified atom stereocenters. The predicted molar refractivity (Wildman–Crippen MR) is 82.3 cm³/mol. The lowest BCUT2D eigenvalue weighted by Gasteiger charge is -2.05. The molecule has 0 aromatic carbocycles. The van der Waals surface area contributed by atoms with Gasteiger partial charge in [0.1, 0.15) is 12.2 Å². The molecule has 8 heteroatoms. The van der Waals surface area contributed by atoms with E-state index < -0.39 is 0 Å². The van der Waals surface area contributed by atoms with E-state index in [0.29, 0.717) is 24.4 Å². The number of nitrogens with zero attached hydrogens (tertiary/aromatic N) is 6. The van der Waals surface area contributed by atoms with Gasteiger partial charge in [0.15, 0.2) is 5.82 Å². The smallest absolute Gasteiger partial charge is 0.254 e. The number of carbonyl (C=O) groups excluding carboxylic acids is 1. The number of nitrogens with one attached hydrogen (secondary N) is 1. The van der Waals surface area contributed by atoms with Crippen LogP contribution >= 0.6 is 0 Å². The van der Waals surface area contributed by atoms with Gasteiger partial charge in [-0.1, -0.05) is 0 Å². The number of aryl methyl sites for hydroxylation is 1. The van der Waals surface area contributed by atoms with E-state index in [1.54, 1.807) is 17.1 Å². The minimum absolute atomic E-state index is 0.218. The van der Waals surface area contributed by atoms with E-state index >= 15 is 0 Å². The highest BCUT2D eigenvalue weighted by molar-refractivity contribution is 5.93. The minimum Gasteiger partial charge on any atom is -0.351 e. The maximum atomic E-state index is 12.1. The van der Waals surface area contributed by atoms with E-state index in [4.69, 9.17) is 0 Å². The summed E-state index contributed by atoms with van der Waals surface area (Å²) in [6, 6.07) is 3.68. The molecule has 1 amide bonds. The van der Waals surface area contributed by atoms with Crippen LogP contribution in [-0.4, -0.2) is 42.2 Å². The van der Waals surface area contributed by atoms with Crippen molar-refractivity contribution < 1.29 is 4.79 Å². The number of hydrogen-bond donors (Lipinski definition) is 1. The van der Waals surface area contributed by atoms with Crippen molar-refractivity contribution in [2.75, 3.05) is 6.54 Å². The fourth-order valence-corrected chi connectivity index (χ4v) is 2.03. The summed E-state index contributed by atoms with van der Waals surface area (Å²) in [5.74, 6) is 1.13. The summed E-state index contributed by atoms with van der Waals surface area (Å²) in [5.41, 5.74) is 1.22. The van der Waals surface area contributed by atoms with Crippen LogP contribution in [0.5, 0.6) is 0 Å². The third-order valence-corrected chi connectivity index (χ3v) is 3.27. The summed E-state index contributed by atoms with van der Waals surface area (Å²) >= 11 is 0. The van der Waals surface area contributed by atoms with E-state index in [1.165, 1.54) is 18.7 Å². The summed E-state index contributed by atoms with van der Waals surface area (Å²) < 4.78 is 1.68. The van der Waals surface area contributed by atoms with Crippen LogP contribution in [0.1, 0.15) is 16.2 Å². The van der Waals surface area contributed by atoms with Crippen molar-refractivity contribution in [3.63, 3.8) is 0 Å². The van der Waals surface area contributed by atoms with Crippen LogP contribution in [-0.2, 0) is 13.5 Å². The van der Waals surface area contributed by atoms with E-state index in [0.717, 1.165) is 11.4 Å². The van der Waals surface area contributed by atoms with Crippen LogP contribution in [0.15, 0.2) is 43.2 Å². The van der Waals surface area contributed by atoms with Crippen molar-refractivity contribution >= 4 is 5.91 Å². The van der Waals surface area contributed by atoms with E-state index in [9.17, 15) is 4.79 Å². The van der Waals surface area contributed by atoms with Crippen molar-refractivity contribution in [1.82, 2.24) is 35.0 Å². The molecule has 3 aromatic rings. The van der Waals surface area contributed by atoms with Gasteiger partial charge in [-0.25, -0.2) is 15.0 Å². The van der Waals surface area contributed by atoms with Gasteiger partial charge in [-0.05, 0) is 12.1 Å². The number of hydrogen-bond acceptors (Lipinski definition) is 6. The first-order valence-electron chi connectivity index (χ1n) is 7.07. The van der Waals surface area contributed by atoms with Gasteiger partial charge in [-0.15, -0.1) is 0 Å². The lowest BCUT2D eigenvalue weighted by atomic mass is 10.2. The molecule has 0 aliphatic carbocycles. The summed E-state index contributed by atoms with van der Waals surface area (Å²) in [6.07, 6.45) is 8.47. The van der Waals surface area contributed by atoms with Crippen LogP contribution in [0.4, 0.5) is 0 Å². The predicted octanol–water partition coefficient (Wildman–Crippen LogP) is 0.640. The fourth-order valence-electron chi connectivity index (χ4n) is 2.03. The summed E-state index contributed by atoms with van der Waals surface area (Å²) in [4.78, 5) is 28.6. The summed E-state index contributed by atoms with van der Waals surface area (Å²) in [6.45, 7) is 0.468. The van der Waals surface area contributed by atoms with Crippen molar-refractivity contribution in [2.24, 2.45) is 7.05 Å². The third kappa shape index (κ3) is 3.54. The summed E-state index contributed by atoms with van der Waals surface area (Å²) in [5, 5.41) is 6.79. The second-order valence-corrected chi connectivity index (χ2v) is 4.84. The lowest BCUT2D eigenvalue weighted by Crippen LogP contribution is -2.26. The molecule has 3 rings (SSSR count). The van der Waals surface area contributed by atoms with Crippen molar-refractivity contribution in [3.05, 3.63) is 54.6 Å². The van der Waals surface area contributed by atoms with Crippen molar-refractivity contribution in [1.29, 1.82) is 0 Å². The molecular weight excluding hydrogens is 294 g/mol. The molecular formula is C15H15N7O. The van der Waals surface area contributed by atoms with Crippen molar-refractivity contribution in [3.8, 4) is 11.4 Å². The van der Waals surface area contributed by atoms with Crippen LogP contribution < -0.4 is 5.32 Å². The molecule has 0 fully saturated rings. The monoisotopic (exact) mass is 309 g/mol. The molecule has 23 heavy (non-hydrogen) atoms. The summed E-state index contributed by atoms with van der Waals surface area (Å²) in [7, 11) is 1.81. The quantitative estimate of drug-likeness (QED) is 0.742. The van der Waals surface area contributed by atoms with Crippen LogP contribution in [0, 0.1) is 0 Å². The maximum absolute atomic E-state index is 12.1. The number of aromatic nitrogens is 6. The average Bonchev–Trinajstić information content (AvgIpc) is 3.01. The van der Waals surface area contributed by atoms with E-state index in [1.807, 2.05) is 19.2 Å². The zero-order chi connectivity index (χ0) is 16.1. The largest absolute Gasteiger partial charge is 0.351 e. The Kier molecular flexibility index (Phi) is 4.32. The van der Waals surface area contributed by atoms with E-state index in [2.05, 4.69) is 30.4 Å². The molecule has 3 aromatic heterocycles. The highest BCUT2D eigenvalue weighted by atomic mass is 16.1. The van der Waals surface area contributed by atoms with E-state index in [-0.39, 0.29) is 5.91 Å². The highest BCUT2D eigenvalue weighted by Crippen LogP contribution is 2.11. The molecule has 0 bridgehead atoms. The maximum Gasteiger partial charge on any atom is 0.254 e. The van der Waals surface area contributed by atoms with Gasteiger partial charge in [-0.2, -0.15) is 5.10 Å². The van der Waals surface area contributed by atoms with Crippen molar-refractivity contribution in [2.45, 2.75) is 6.42 Å². The molecule has 0 radical (unpaired) electrons. The Bertz CT molecular complexity index is 783. The van der Waals surface area contributed by atoms with Gasteiger partial charge in [0.25, 0.3) is 5.91 Å². The molecule has 8 nitrogen and oxygen atoms in total. The van der Waals surface area contributed by atoms with Gasteiger partial charge in [0.05, 0.1) is 5.56 Å². The Morgan fingerprint density at radius 1 is 1.22 bits per heavy atom. The topological polar surface area (TPSA) is 98.5 Å². The molecule has 0 saturated heterocycles. The molecule has 0 aliphatic rings. The van der Waals surface area contributed by atoms with Crippen LogP contribution in [0.2, 0.25) is 0 Å². The fraction of sp³-hybridized carbons (Fsp3) is 0.200. The Balaban J connectivity index is 1.58. The second kappa shape index (κ2) is 6.73. The van der Waals surface area contributed by atoms with Crippen LogP contribution in [0.25, 0.3) is 11.4 Å². The number of pyridine rings is 1. The molecule has 3 heterocycles. The Labute approximate surface area is 132 Å². The number of carbonyl (C=O) groups is 1. The minimum atomic E-state index is -0.218. The normalized spacial score (nSPS) is 10.5. The molecule has 116 valence electrons. The zero-order valence-corrected chi connectivity index (χ0v) is 12.5. The van der Waals surface area contributed by atoms with Gasteiger partial charge >= 0.3 is 0 Å². The molecule has 1 N–H and O–H groups in total. The van der Waals surface area contributed by atoms with Gasteiger partial charge < -0.3 is 5.32 Å². The lowest BCUT2D eigenvalue weighted by molar-refractivity contribution is 0.0953. The van der Waals surface area contributed by atoms with Gasteiger partial charge in [-0.3, -0.25) is 14.5 Å². The average molecular weight is 309 g/mol. The number of amides is 1. The van der Waals surface area contributed by atoms with Gasteiger partial charge in [0.2, 0.25) is 0 Å². The first kappa shape index (κ1) is 14.8. The van der Waals surface area contributed by atoms with Gasteiger partial charge in [0, 0.05) is 50.4 Å². The Hall–Kier alpha value is -3.16. The highest BCUT2D eigenvalue weighted by Gasteiger charge is 2.08. The zero-order valence-electron chi connectivity index (χ0n) is 12.5. The molecule has 0 aliphatic heterocycles. The molecule has 0 atom stereocenters. The molecule has 0 spiro atoms. The first-order chi connectivity index (χ1) is 11.2. The Morgan fingerprint density at radius 2 is 2.04 bits per heavy atom. The Morgan fingerprint density at radius 3 is 2.70 bits per heavy atom. The number of rotatable bonds is 5. The molecule has 0 saturated carbocycles. The second-order valence-electron chi connectivity index (χ2n) is 4.84.